The third-order valence-corrected chi connectivity index (χ3v) is 7.85. The van der Waals surface area contributed by atoms with Gasteiger partial charge in [0, 0.05) is 38.7 Å². The van der Waals surface area contributed by atoms with E-state index in [1.807, 2.05) is 0 Å². The zero-order valence-corrected chi connectivity index (χ0v) is 21.2. The SMILES string of the molecule is C[C@@H](Oc1ccc(S(C)(=O)=O)cc1C(=O)N1CCN(c2ccc(S(C)(=O)=O)cc2F)CC1)C(F)(F)F. The lowest BCUT2D eigenvalue weighted by molar-refractivity contribution is -0.189. The van der Waals surface area contributed by atoms with Crippen LogP contribution >= 0.6 is 0 Å². The van der Waals surface area contributed by atoms with Gasteiger partial charge in [0.25, 0.3) is 5.91 Å². The van der Waals surface area contributed by atoms with Crippen molar-refractivity contribution in [2.75, 3.05) is 43.6 Å². The maximum Gasteiger partial charge on any atom is 0.425 e. The Hall–Kier alpha value is -2.87. The Balaban J connectivity index is 1.83. The number of ether oxygens (including phenoxy) is 1. The first-order valence-electron chi connectivity index (χ1n) is 10.6. The van der Waals surface area contributed by atoms with Gasteiger partial charge in [-0.15, -0.1) is 0 Å². The Labute approximate surface area is 206 Å². The molecule has 36 heavy (non-hydrogen) atoms. The van der Waals surface area contributed by atoms with E-state index in [0.29, 0.717) is 0 Å². The highest BCUT2D eigenvalue weighted by Gasteiger charge is 2.39. The number of hydrogen-bond acceptors (Lipinski definition) is 7. The second-order valence-corrected chi connectivity index (χ2v) is 12.4. The molecule has 1 fully saturated rings. The summed E-state index contributed by atoms with van der Waals surface area (Å²) in [6.07, 6.45) is -5.10. The second kappa shape index (κ2) is 9.88. The van der Waals surface area contributed by atoms with E-state index in [9.17, 15) is 39.2 Å². The number of carbonyl (C=O) groups is 1. The fraction of sp³-hybridized carbons (Fsp3) is 0.409. The van der Waals surface area contributed by atoms with Crippen LogP contribution in [0.1, 0.15) is 17.3 Å². The van der Waals surface area contributed by atoms with Gasteiger partial charge in [-0.05, 0) is 43.3 Å². The van der Waals surface area contributed by atoms with Gasteiger partial charge < -0.3 is 14.5 Å². The number of anilines is 1. The molecular formula is C22H24F4N2O6S2. The third kappa shape index (κ3) is 6.27. The van der Waals surface area contributed by atoms with Crippen LogP contribution in [0.3, 0.4) is 0 Å². The van der Waals surface area contributed by atoms with Crippen molar-refractivity contribution in [3.05, 3.63) is 47.8 Å². The predicted octanol–water partition coefficient (Wildman–Crippen LogP) is 2.92. The summed E-state index contributed by atoms with van der Waals surface area (Å²) in [6.45, 7) is 1.14. The molecule has 0 spiro atoms. The van der Waals surface area contributed by atoms with Gasteiger partial charge in [-0.2, -0.15) is 13.2 Å². The van der Waals surface area contributed by atoms with Crippen molar-refractivity contribution in [1.82, 2.24) is 4.90 Å². The van der Waals surface area contributed by atoms with Crippen LogP contribution in [0.5, 0.6) is 5.75 Å². The molecule has 1 heterocycles. The average molecular weight is 553 g/mol. The van der Waals surface area contributed by atoms with Crippen molar-refractivity contribution in [3.8, 4) is 5.75 Å². The van der Waals surface area contributed by atoms with E-state index in [0.717, 1.165) is 43.7 Å². The van der Waals surface area contributed by atoms with Crippen LogP contribution in [0.15, 0.2) is 46.2 Å². The Morgan fingerprint density at radius 2 is 1.44 bits per heavy atom. The van der Waals surface area contributed by atoms with Crippen molar-refractivity contribution in [2.24, 2.45) is 0 Å². The summed E-state index contributed by atoms with van der Waals surface area (Å²) in [7, 11) is -7.36. The number of alkyl halides is 3. The number of carbonyl (C=O) groups excluding carboxylic acids is 1. The van der Waals surface area contributed by atoms with Gasteiger partial charge in [0.05, 0.1) is 21.0 Å². The lowest BCUT2D eigenvalue weighted by atomic mass is 10.1. The summed E-state index contributed by atoms with van der Waals surface area (Å²) < 4.78 is 106. The number of piperazine rings is 1. The maximum atomic E-state index is 14.6. The molecule has 0 saturated carbocycles. The molecule has 1 saturated heterocycles. The number of nitrogens with zero attached hydrogens (tertiary/aromatic N) is 2. The van der Waals surface area contributed by atoms with Crippen LogP contribution in [-0.4, -0.2) is 78.6 Å². The molecule has 8 nitrogen and oxygen atoms in total. The smallest absolute Gasteiger partial charge is 0.425 e. The van der Waals surface area contributed by atoms with Crippen molar-refractivity contribution < 1.29 is 43.9 Å². The lowest BCUT2D eigenvalue weighted by Crippen LogP contribution is -2.49. The Morgan fingerprint density at radius 1 is 0.917 bits per heavy atom. The summed E-state index contributed by atoms with van der Waals surface area (Å²) in [5, 5.41) is 0. The molecule has 1 atom stereocenters. The van der Waals surface area contributed by atoms with E-state index in [1.54, 1.807) is 4.90 Å². The minimum atomic E-state index is -4.71. The van der Waals surface area contributed by atoms with Crippen molar-refractivity contribution in [1.29, 1.82) is 0 Å². The molecule has 0 aromatic heterocycles. The summed E-state index contributed by atoms with van der Waals surface area (Å²) in [4.78, 5) is 15.7. The molecule has 0 bridgehead atoms. The molecule has 1 aliphatic rings. The van der Waals surface area contributed by atoms with Gasteiger partial charge in [-0.1, -0.05) is 0 Å². The second-order valence-electron chi connectivity index (χ2n) is 8.40. The van der Waals surface area contributed by atoms with Crippen LogP contribution in [0.4, 0.5) is 23.2 Å². The van der Waals surface area contributed by atoms with Crippen molar-refractivity contribution in [3.63, 3.8) is 0 Å². The van der Waals surface area contributed by atoms with Gasteiger partial charge in [0.2, 0.25) is 0 Å². The van der Waals surface area contributed by atoms with E-state index in [1.165, 1.54) is 17.0 Å². The highest BCUT2D eigenvalue weighted by Crippen LogP contribution is 2.31. The van der Waals surface area contributed by atoms with Crippen molar-refractivity contribution >= 4 is 31.3 Å². The number of halogens is 4. The Kier molecular flexibility index (Phi) is 7.61. The summed E-state index contributed by atoms with van der Waals surface area (Å²) in [5.74, 6) is -1.91. The van der Waals surface area contributed by atoms with Gasteiger partial charge in [-0.3, -0.25) is 4.79 Å². The Bertz CT molecular complexity index is 1370. The number of rotatable bonds is 6. The van der Waals surface area contributed by atoms with E-state index >= 15 is 0 Å². The molecule has 2 aromatic rings. The van der Waals surface area contributed by atoms with Crippen LogP contribution in [0, 0.1) is 5.82 Å². The monoisotopic (exact) mass is 552 g/mol. The van der Waals surface area contributed by atoms with E-state index in [2.05, 4.69) is 0 Å². The zero-order chi connectivity index (χ0) is 27.1. The molecule has 2 aromatic carbocycles. The lowest BCUT2D eigenvalue weighted by Gasteiger charge is -2.36. The summed E-state index contributed by atoms with van der Waals surface area (Å²) in [5.41, 5.74) is -0.206. The fourth-order valence-electron chi connectivity index (χ4n) is 3.56. The predicted molar refractivity (Wildman–Crippen MR) is 123 cm³/mol. The summed E-state index contributed by atoms with van der Waals surface area (Å²) >= 11 is 0. The standard InChI is InChI=1S/C22H24F4N2O6S2/c1-14(22(24,25)26)34-20-7-5-15(35(2,30)31)12-17(20)21(29)28-10-8-27(9-11-28)19-6-4-16(13-18(19)23)36(3,32)33/h4-7,12-14H,8-11H2,1-3H3/t14-/m1/s1. The minimum absolute atomic E-state index is 0.0451. The fourth-order valence-corrected chi connectivity index (χ4v) is 4.84. The molecule has 3 rings (SSSR count). The zero-order valence-electron chi connectivity index (χ0n) is 19.5. The van der Waals surface area contributed by atoms with E-state index in [-0.39, 0.29) is 47.2 Å². The van der Waals surface area contributed by atoms with Gasteiger partial charge in [-0.25, -0.2) is 21.2 Å². The molecule has 0 unspecified atom stereocenters. The molecular weight excluding hydrogens is 528 g/mol. The quantitative estimate of drug-likeness (QED) is 0.508. The van der Waals surface area contributed by atoms with Crippen LogP contribution in [0.2, 0.25) is 0 Å². The largest absolute Gasteiger partial charge is 0.480 e. The highest BCUT2D eigenvalue weighted by atomic mass is 32.2. The number of sulfone groups is 2. The number of hydrogen-bond donors (Lipinski definition) is 0. The van der Waals surface area contributed by atoms with Gasteiger partial charge in [0.15, 0.2) is 25.8 Å². The molecule has 14 heteroatoms. The molecule has 0 radical (unpaired) electrons. The molecule has 0 aliphatic carbocycles. The maximum absolute atomic E-state index is 14.6. The molecule has 0 N–H and O–H groups in total. The third-order valence-electron chi connectivity index (χ3n) is 5.63. The average Bonchev–Trinajstić information content (AvgIpc) is 2.77. The first-order valence-corrected chi connectivity index (χ1v) is 14.4. The van der Waals surface area contributed by atoms with Crippen LogP contribution in [0.25, 0.3) is 0 Å². The highest BCUT2D eigenvalue weighted by molar-refractivity contribution is 7.91. The Morgan fingerprint density at radius 3 is 1.94 bits per heavy atom. The van der Waals surface area contributed by atoms with Crippen LogP contribution in [-0.2, 0) is 19.7 Å². The first kappa shape index (κ1) is 27.7. The topological polar surface area (TPSA) is 101 Å². The number of benzene rings is 2. The van der Waals surface area contributed by atoms with E-state index < -0.39 is 49.4 Å². The van der Waals surface area contributed by atoms with Gasteiger partial charge >= 0.3 is 6.18 Å². The van der Waals surface area contributed by atoms with Gasteiger partial charge in [0.1, 0.15) is 11.6 Å². The minimum Gasteiger partial charge on any atom is -0.480 e. The van der Waals surface area contributed by atoms with Crippen molar-refractivity contribution in [2.45, 2.75) is 29.0 Å². The molecule has 1 amide bonds. The molecule has 198 valence electrons. The van der Waals surface area contributed by atoms with Crippen LogP contribution < -0.4 is 9.64 Å². The molecule has 1 aliphatic heterocycles. The summed E-state index contributed by atoms with van der Waals surface area (Å²) in [6, 6.07) is 6.55. The normalized spacial score (nSPS) is 16.1. The first-order chi connectivity index (χ1) is 16.5. The van der Waals surface area contributed by atoms with E-state index in [4.69, 9.17) is 4.74 Å². The number of amides is 1.